The smallest absolute Gasteiger partial charge is 0.313 e. The Morgan fingerprint density at radius 3 is 3.12 bits per heavy atom. The van der Waals surface area contributed by atoms with Crippen LogP contribution in [0.15, 0.2) is 5.16 Å². The molecule has 0 bridgehead atoms. The molecule has 2 rings (SSSR count). The lowest BCUT2D eigenvalue weighted by molar-refractivity contribution is -0.133. The molecule has 0 aliphatic carbocycles. The summed E-state index contributed by atoms with van der Waals surface area (Å²) < 4.78 is 7.28. The van der Waals surface area contributed by atoms with Gasteiger partial charge in [0.2, 0.25) is 0 Å². The van der Waals surface area contributed by atoms with Crippen molar-refractivity contribution in [1.29, 1.82) is 0 Å². The van der Waals surface area contributed by atoms with E-state index in [4.69, 9.17) is 9.84 Å². The lowest BCUT2D eigenvalue weighted by Crippen LogP contribution is -2.18. The summed E-state index contributed by atoms with van der Waals surface area (Å²) in [4.78, 5) is 10.5. The largest absolute Gasteiger partial charge is 0.481 e. The van der Waals surface area contributed by atoms with Gasteiger partial charge in [-0.05, 0) is 12.8 Å². The van der Waals surface area contributed by atoms with Crippen LogP contribution in [0.4, 0.5) is 0 Å². The summed E-state index contributed by atoms with van der Waals surface area (Å²) in [7, 11) is 1.87. The molecule has 1 fully saturated rings. The van der Waals surface area contributed by atoms with Crippen LogP contribution in [0.1, 0.15) is 24.6 Å². The monoisotopic (exact) mass is 257 g/mol. The minimum atomic E-state index is -0.847. The average Bonchev–Trinajstić information content (AvgIpc) is 2.69. The molecule has 1 aliphatic heterocycles. The quantitative estimate of drug-likeness (QED) is 0.807. The molecule has 7 heteroatoms. The van der Waals surface area contributed by atoms with Crippen molar-refractivity contribution in [3.8, 4) is 0 Å². The molecule has 17 heavy (non-hydrogen) atoms. The fourth-order valence-corrected chi connectivity index (χ4v) is 2.52. The first-order valence-corrected chi connectivity index (χ1v) is 6.48. The normalized spacial score (nSPS) is 20.4. The first-order valence-electron chi connectivity index (χ1n) is 5.50. The number of carbonyl (C=O) groups is 1. The van der Waals surface area contributed by atoms with Crippen molar-refractivity contribution in [2.24, 2.45) is 7.05 Å². The summed E-state index contributed by atoms with van der Waals surface area (Å²) >= 11 is 1.19. The Morgan fingerprint density at radius 1 is 1.65 bits per heavy atom. The van der Waals surface area contributed by atoms with E-state index in [1.54, 1.807) is 0 Å². The number of rotatable bonds is 4. The zero-order valence-electron chi connectivity index (χ0n) is 9.63. The Hall–Kier alpha value is -1.08. The summed E-state index contributed by atoms with van der Waals surface area (Å²) in [6, 6.07) is 0. The number of nitrogens with zero attached hydrogens (tertiary/aromatic N) is 3. The molecule has 0 radical (unpaired) electrons. The molecule has 0 aromatic carbocycles. The zero-order valence-corrected chi connectivity index (χ0v) is 10.4. The SMILES string of the molecule is Cn1c(SCC(=O)O)nnc1C1CCCOC1. The van der Waals surface area contributed by atoms with E-state index in [0.29, 0.717) is 11.8 Å². The number of thioether (sulfide) groups is 1. The van der Waals surface area contributed by atoms with Gasteiger partial charge in [-0.1, -0.05) is 11.8 Å². The van der Waals surface area contributed by atoms with Crippen molar-refractivity contribution >= 4 is 17.7 Å². The lowest BCUT2D eigenvalue weighted by Gasteiger charge is -2.21. The Balaban J connectivity index is 2.05. The third-order valence-electron chi connectivity index (χ3n) is 2.72. The van der Waals surface area contributed by atoms with Gasteiger partial charge in [-0.2, -0.15) is 0 Å². The third kappa shape index (κ3) is 2.98. The van der Waals surface area contributed by atoms with E-state index in [9.17, 15) is 4.79 Å². The molecule has 1 aromatic rings. The highest BCUT2D eigenvalue weighted by molar-refractivity contribution is 7.99. The Kier molecular flexibility index (Phi) is 4.01. The van der Waals surface area contributed by atoms with E-state index in [-0.39, 0.29) is 11.7 Å². The van der Waals surface area contributed by atoms with E-state index >= 15 is 0 Å². The molecular formula is C10H15N3O3S. The Labute approximate surface area is 103 Å². The minimum Gasteiger partial charge on any atom is -0.481 e. The van der Waals surface area contributed by atoms with E-state index in [2.05, 4.69) is 10.2 Å². The number of carboxylic acids is 1. The molecule has 0 amide bonds. The van der Waals surface area contributed by atoms with E-state index in [1.165, 1.54) is 11.8 Å². The summed E-state index contributed by atoms with van der Waals surface area (Å²) in [5.74, 6) is 0.325. The van der Waals surface area contributed by atoms with Gasteiger partial charge in [0.1, 0.15) is 5.82 Å². The van der Waals surface area contributed by atoms with Crippen molar-refractivity contribution < 1.29 is 14.6 Å². The van der Waals surface area contributed by atoms with Crippen molar-refractivity contribution in [2.45, 2.75) is 23.9 Å². The summed E-state index contributed by atoms with van der Waals surface area (Å²) in [6.07, 6.45) is 2.09. The number of carboxylic acid groups (broad SMARTS) is 1. The maximum absolute atomic E-state index is 10.5. The lowest BCUT2D eigenvalue weighted by atomic mass is 10.0. The fourth-order valence-electron chi connectivity index (χ4n) is 1.88. The second-order valence-corrected chi connectivity index (χ2v) is 4.94. The second kappa shape index (κ2) is 5.50. The van der Waals surface area contributed by atoms with Crippen LogP contribution in [-0.4, -0.2) is 44.8 Å². The first kappa shape index (κ1) is 12.4. The van der Waals surface area contributed by atoms with Crippen LogP contribution in [0.25, 0.3) is 0 Å². The van der Waals surface area contributed by atoms with Crippen LogP contribution in [-0.2, 0) is 16.6 Å². The molecule has 1 aromatic heterocycles. The van der Waals surface area contributed by atoms with Crippen molar-refractivity contribution in [1.82, 2.24) is 14.8 Å². The highest BCUT2D eigenvalue weighted by Crippen LogP contribution is 2.26. The molecule has 6 nitrogen and oxygen atoms in total. The number of aromatic nitrogens is 3. The molecular weight excluding hydrogens is 242 g/mol. The highest BCUT2D eigenvalue weighted by Gasteiger charge is 2.22. The molecule has 1 aliphatic rings. The van der Waals surface area contributed by atoms with Gasteiger partial charge < -0.3 is 14.4 Å². The number of aliphatic carboxylic acids is 1. The van der Waals surface area contributed by atoms with Gasteiger partial charge in [0.05, 0.1) is 12.4 Å². The second-order valence-electron chi connectivity index (χ2n) is 4.00. The summed E-state index contributed by atoms with van der Waals surface area (Å²) in [6.45, 7) is 1.49. The van der Waals surface area contributed by atoms with Crippen molar-refractivity contribution in [2.75, 3.05) is 19.0 Å². The van der Waals surface area contributed by atoms with Crippen LogP contribution in [0, 0.1) is 0 Å². The van der Waals surface area contributed by atoms with Gasteiger partial charge in [-0.15, -0.1) is 10.2 Å². The standard InChI is InChI=1S/C10H15N3O3S/c1-13-9(7-3-2-4-16-5-7)11-12-10(13)17-6-8(14)15/h7H,2-6H2,1H3,(H,14,15). The predicted molar refractivity (Wildman–Crippen MR) is 62.2 cm³/mol. The molecule has 0 saturated carbocycles. The van der Waals surface area contributed by atoms with Gasteiger partial charge in [0, 0.05) is 19.6 Å². The maximum Gasteiger partial charge on any atom is 0.313 e. The summed E-state index contributed by atoms with van der Waals surface area (Å²) in [5, 5.41) is 17.4. The van der Waals surface area contributed by atoms with E-state index in [1.807, 2.05) is 11.6 Å². The average molecular weight is 257 g/mol. The van der Waals surface area contributed by atoms with Gasteiger partial charge in [-0.3, -0.25) is 4.79 Å². The molecule has 1 atom stereocenters. The van der Waals surface area contributed by atoms with Gasteiger partial charge >= 0.3 is 5.97 Å². The first-order chi connectivity index (χ1) is 8.18. The minimum absolute atomic E-state index is 0.00708. The number of hydrogen-bond donors (Lipinski definition) is 1. The topological polar surface area (TPSA) is 77.2 Å². The van der Waals surface area contributed by atoms with E-state index < -0.39 is 5.97 Å². The molecule has 2 heterocycles. The highest BCUT2D eigenvalue weighted by atomic mass is 32.2. The number of ether oxygens (including phenoxy) is 1. The number of hydrogen-bond acceptors (Lipinski definition) is 5. The summed E-state index contributed by atoms with van der Waals surface area (Å²) in [5.41, 5.74) is 0. The van der Waals surface area contributed by atoms with Crippen molar-refractivity contribution in [3.63, 3.8) is 0 Å². The van der Waals surface area contributed by atoms with Crippen LogP contribution >= 0.6 is 11.8 Å². The van der Waals surface area contributed by atoms with E-state index in [0.717, 1.165) is 25.3 Å². The third-order valence-corrected chi connectivity index (χ3v) is 3.72. The zero-order chi connectivity index (χ0) is 12.3. The van der Waals surface area contributed by atoms with Gasteiger partial charge in [0.25, 0.3) is 0 Å². The Morgan fingerprint density at radius 2 is 2.47 bits per heavy atom. The van der Waals surface area contributed by atoms with Gasteiger partial charge in [-0.25, -0.2) is 0 Å². The molecule has 1 N–H and O–H groups in total. The molecule has 1 saturated heterocycles. The van der Waals surface area contributed by atoms with Gasteiger partial charge in [0.15, 0.2) is 5.16 Å². The van der Waals surface area contributed by atoms with Crippen LogP contribution in [0.2, 0.25) is 0 Å². The molecule has 94 valence electrons. The predicted octanol–water partition coefficient (Wildman–Crippen LogP) is 0.886. The molecule has 0 spiro atoms. The van der Waals surface area contributed by atoms with Crippen molar-refractivity contribution in [3.05, 3.63) is 5.82 Å². The van der Waals surface area contributed by atoms with Crippen LogP contribution < -0.4 is 0 Å². The Bertz CT molecular complexity index is 402. The van der Waals surface area contributed by atoms with Crippen LogP contribution in [0.3, 0.4) is 0 Å². The fraction of sp³-hybridized carbons (Fsp3) is 0.700. The molecule has 1 unspecified atom stereocenters. The van der Waals surface area contributed by atoms with Crippen LogP contribution in [0.5, 0.6) is 0 Å². The maximum atomic E-state index is 10.5.